The van der Waals surface area contributed by atoms with Gasteiger partial charge in [-0.1, -0.05) is 37.3 Å². The topological polar surface area (TPSA) is 38.0 Å². The summed E-state index contributed by atoms with van der Waals surface area (Å²) in [5, 5.41) is 3.37. The maximum atomic E-state index is 5.51. The summed E-state index contributed by atoms with van der Waals surface area (Å²) in [7, 11) is 0. The summed E-state index contributed by atoms with van der Waals surface area (Å²) < 4.78 is 0. The third-order valence-corrected chi connectivity index (χ3v) is 2.07. The van der Waals surface area contributed by atoms with E-state index in [1.807, 2.05) is 6.07 Å². The zero-order valence-electron chi connectivity index (χ0n) is 8.16. The molecule has 72 valence electrons. The molecule has 0 saturated carbocycles. The van der Waals surface area contributed by atoms with Crippen LogP contribution < -0.4 is 11.1 Å². The molecule has 1 aromatic carbocycles. The molecular weight excluding hydrogens is 160 g/mol. The normalized spacial score (nSPS) is 12.8. The van der Waals surface area contributed by atoms with Gasteiger partial charge in [-0.2, -0.15) is 0 Å². The Balaban J connectivity index is 2.20. The third kappa shape index (κ3) is 4.06. The van der Waals surface area contributed by atoms with E-state index in [0.29, 0.717) is 5.92 Å². The van der Waals surface area contributed by atoms with Crippen molar-refractivity contribution in [1.82, 2.24) is 5.32 Å². The first-order chi connectivity index (χ1) is 6.33. The molecule has 2 nitrogen and oxygen atoms in total. The molecule has 0 heterocycles. The van der Waals surface area contributed by atoms with Gasteiger partial charge < -0.3 is 11.1 Å². The van der Waals surface area contributed by atoms with Gasteiger partial charge in [-0.25, -0.2) is 0 Å². The maximum Gasteiger partial charge on any atom is 0.0205 e. The van der Waals surface area contributed by atoms with Gasteiger partial charge in [0, 0.05) is 6.54 Å². The summed E-state index contributed by atoms with van der Waals surface area (Å²) >= 11 is 0. The van der Waals surface area contributed by atoms with Crippen molar-refractivity contribution < 1.29 is 0 Å². The van der Waals surface area contributed by atoms with Crippen molar-refractivity contribution in [3.05, 3.63) is 35.9 Å². The zero-order chi connectivity index (χ0) is 9.52. The molecule has 0 fully saturated rings. The lowest BCUT2D eigenvalue weighted by Gasteiger charge is -2.09. The van der Waals surface area contributed by atoms with Gasteiger partial charge in [0.2, 0.25) is 0 Å². The van der Waals surface area contributed by atoms with Gasteiger partial charge in [-0.3, -0.25) is 0 Å². The summed E-state index contributed by atoms with van der Waals surface area (Å²) in [5.74, 6) is 0.559. The van der Waals surface area contributed by atoms with Crippen LogP contribution in [0.4, 0.5) is 0 Å². The van der Waals surface area contributed by atoms with Gasteiger partial charge in [0.15, 0.2) is 0 Å². The fourth-order valence-corrected chi connectivity index (χ4v) is 1.14. The van der Waals surface area contributed by atoms with Gasteiger partial charge in [-0.05, 0) is 24.6 Å². The second-order valence-electron chi connectivity index (χ2n) is 3.46. The lowest BCUT2D eigenvalue weighted by molar-refractivity contribution is 0.522. The van der Waals surface area contributed by atoms with E-state index in [1.54, 1.807) is 0 Å². The van der Waals surface area contributed by atoms with Crippen molar-refractivity contribution in [2.45, 2.75) is 13.5 Å². The van der Waals surface area contributed by atoms with E-state index in [1.165, 1.54) is 5.56 Å². The molecular formula is C11H18N2. The summed E-state index contributed by atoms with van der Waals surface area (Å²) in [4.78, 5) is 0. The summed E-state index contributed by atoms with van der Waals surface area (Å²) in [6.07, 6.45) is 0. The van der Waals surface area contributed by atoms with E-state index in [2.05, 4.69) is 36.5 Å². The smallest absolute Gasteiger partial charge is 0.0205 e. The quantitative estimate of drug-likeness (QED) is 0.714. The lowest BCUT2D eigenvalue weighted by Crippen LogP contribution is -2.25. The monoisotopic (exact) mass is 178 g/mol. The largest absolute Gasteiger partial charge is 0.330 e. The Morgan fingerprint density at radius 2 is 2.00 bits per heavy atom. The number of benzene rings is 1. The van der Waals surface area contributed by atoms with Gasteiger partial charge in [0.25, 0.3) is 0 Å². The van der Waals surface area contributed by atoms with Gasteiger partial charge in [0.1, 0.15) is 0 Å². The van der Waals surface area contributed by atoms with Crippen molar-refractivity contribution in [3.8, 4) is 0 Å². The van der Waals surface area contributed by atoms with Gasteiger partial charge in [-0.15, -0.1) is 0 Å². The molecule has 0 bridgehead atoms. The standard InChI is InChI=1S/C11H18N2/c1-10(7-12)8-13-9-11-5-3-2-4-6-11/h2-6,10,13H,7-9,12H2,1H3/t10-/m1/s1. The van der Waals surface area contributed by atoms with Crippen LogP contribution in [0.1, 0.15) is 12.5 Å². The fraction of sp³-hybridized carbons (Fsp3) is 0.455. The third-order valence-electron chi connectivity index (χ3n) is 2.07. The molecule has 0 unspecified atom stereocenters. The minimum Gasteiger partial charge on any atom is -0.330 e. The molecule has 1 atom stereocenters. The van der Waals surface area contributed by atoms with Crippen LogP contribution in [-0.4, -0.2) is 13.1 Å². The average molecular weight is 178 g/mol. The van der Waals surface area contributed by atoms with Gasteiger partial charge in [0.05, 0.1) is 0 Å². The van der Waals surface area contributed by atoms with Crippen LogP contribution in [0.15, 0.2) is 30.3 Å². The number of rotatable bonds is 5. The van der Waals surface area contributed by atoms with E-state index in [-0.39, 0.29) is 0 Å². The Morgan fingerprint density at radius 3 is 2.62 bits per heavy atom. The molecule has 0 amide bonds. The van der Waals surface area contributed by atoms with Crippen molar-refractivity contribution >= 4 is 0 Å². The predicted octanol–water partition coefficient (Wildman–Crippen LogP) is 1.37. The first-order valence-electron chi connectivity index (χ1n) is 4.77. The van der Waals surface area contributed by atoms with Crippen LogP contribution in [0.5, 0.6) is 0 Å². The minimum absolute atomic E-state index is 0.559. The van der Waals surface area contributed by atoms with Crippen LogP contribution in [0.25, 0.3) is 0 Å². The molecule has 1 rings (SSSR count). The second kappa shape index (κ2) is 5.73. The summed E-state index contributed by atoms with van der Waals surface area (Å²) in [6.45, 7) is 4.83. The van der Waals surface area contributed by atoms with Crippen molar-refractivity contribution in [2.24, 2.45) is 11.7 Å². The number of nitrogens with two attached hydrogens (primary N) is 1. The van der Waals surface area contributed by atoms with Crippen LogP contribution in [0, 0.1) is 5.92 Å². The Bertz CT molecular complexity index is 221. The molecule has 0 aromatic heterocycles. The summed E-state index contributed by atoms with van der Waals surface area (Å²) in [6, 6.07) is 10.4. The van der Waals surface area contributed by atoms with Crippen molar-refractivity contribution in [2.75, 3.05) is 13.1 Å². The fourth-order valence-electron chi connectivity index (χ4n) is 1.14. The van der Waals surface area contributed by atoms with E-state index in [9.17, 15) is 0 Å². The van der Waals surface area contributed by atoms with Crippen LogP contribution in [-0.2, 0) is 6.54 Å². The molecule has 2 heteroatoms. The molecule has 0 aliphatic carbocycles. The highest BCUT2D eigenvalue weighted by Crippen LogP contribution is 1.97. The highest BCUT2D eigenvalue weighted by molar-refractivity contribution is 5.14. The second-order valence-corrected chi connectivity index (χ2v) is 3.46. The summed E-state index contributed by atoms with van der Waals surface area (Å²) in [5.41, 5.74) is 6.84. The van der Waals surface area contributed by atoms with Crippen molar-refractivity contribution in [3.63, 3.8) is 0 Å². The van der Waals surface area contributed by atoms with E-state index >= 15 is 0 Å². The first kappa shape index (κ1) is 10.2. The zero-order valence-corrected chi connectivity index (χ0v) is 8.16. The molecule has 0 aliphatic heterocycles. The molecule has 0 spiro atoms. The van der Waals surface area contributed by atoms with Gasteiger partial charge >= 0.3 is 0 Å². The maximum absolute atomic E-state index is 5.51. The molecule has 0 aliphatic rings. The predicted molar refractivity (Wildman–Crippen MR) is 56.4 cm³/mol. The molecule has 0 saturated heterocycles. The van der Waals surface area contributed by atoms with Crippen molar-refractivity contribution in [1.29, 1.82) is 0 Å². The van der Waals surface area contributed by atoms with E-state index in [4.69, 9.17) is 5.73 Å². The molecule has 1 aromatic rings. The number of nitrogens with one attached hydrogen (secondary N) is 1. The highest BCUT2D eigenvalue weighted by atomic mass is 14.9. The average Bonchev–Trinajstić information content (AvgIpc) is 2.19. The SMILES string of the molecule is C[C@H](CN)CNCc1ccccc1. The van der Waals surface area contributed by atoms with Crippen LogP contribution in [0.2, 0.25) is 0 Å². The van der Waals surface area contributed by atoms with Crippen LogP contribution in [0.3, 0.4) is 0 Å². The lowest BCUT2D eigenvalue weighted by atomic mass is 10.2. The Kier molecular flexibility index (Phi) is 4.50. The number of hydrogen-bond acceptors (Lipinski definition) is 2. The first-order valence-corrected chi connectivity index (χ1v) is 4.77. The molecule has 13 heavy (non-hydrogen) atoms. The van der Waals surface area contributed by atoms with E-state index < -0.39 is 0 Å². The Hall–Kier alpha value is -0.860. The Morgan fingerprint density at radius 1 is 1.31 bits per heavy atom. The molecule has 3 N–H and O–H groups in total. The Labute approximate surface area is 80.1 Å². The van der Waals surface area contributed by atoms with E-state index in [0.717, 1.165) is 19.6 Å². The van der Waals surface area contributed by atoms with Crippen LogP contribution >= 0.6 is 0 Å². The minimum atomic E-state index is 0.559. The molecule has 0 radical (unpaired) electrons. The highest BCUT2D eigenvalue weighted by Gasteiger charge is 1.97. The number of hydrogen-bond donors (Lipinski definition) is 2.